The normalized spacial score (nSPS) is 11.6. The second kappa shape index (κ2) is 6.46. The van der Waals surface area contributed by atoms with Crippen LogP contribution in [0.15, 0.2) is 36.7 Å². The summed E-state index contributed by atoms with van der Waals surface area (Å²) in [7, 11) is 0. The molecule has 0 saturated carbocycles. The van der Waals surface area contributed by atoms with E-state index >= 15 is 0 Å². The highest BCUT2D eigenvalue weighted by molar-refractivity contribution is 14.1. The van der Waals surface area contributed by atoms with E-state index in [1.54, 1.807) is 0 Å². The lowest BCUT2D eigenvalue weighted by molar-refractivity contribution is 0.588. The van der Waals surface area contributed by atoms with Gasteiger partial charge < -0.3 is 5.32 Å². The molecule has 0 amide bonds. The Labute approximate surface area is 142 Å². The predicted octanol–water partition coefficient (Wildman–Crippen LogP) is 4.25. The van der Waals surface area contributed by atoms with Gasteiger partial charge in [-0.15, -0.1) is 11.3 Å². The van der Waals surface area contributed by atoms with Gasteiger partial charge in [0.05, 0.1) is 16.3 Å². The summed E-state index contributed by atoms with van der Waals surface area (Å²) in [5.74, 6) is 0. The number of nitrogens with zero attached hydrogens (tertiary/aromatic N) is 2. The zero-order chi connectivity index (χ0) is 14.8. The van der Waals surface area contributed by atoms with E-state index in [9.17, 15) is 0 Å². The lowest BCUT2D eigenvalue weighted by Gasteiger charge is -2.09. The van der Waals surface area contributed by atoms with Crippen molar-refractivity contribution in [3.05, 3.63) is 50.7 Å². The smallest absolute Gasteiger partial charge is 0.0677 e. The van der Waals surface area contributed by atoms with Crippen molar-refractivity contribution < 1.29 is 0 Å². The molecular weight excluding hydrogens is 393 g/mol. The van der Waals surface area contributed by atoms with Gasteiger partial charge in [-0.1, -0.05) is 32.0 Å². The van der Waals surface area contributed by atoms with E-state index in [0.717, 1.165) is 13.1 Å². The number of nitrogens with one attached hydrogen (secondary N) is 1. The first-order valence-electron chi connectivity index (χ1n) is 7.04. The van der Waals surface area contributed by atoms with E-state index in [1.807, 2.05) is 22.2 Å². The zero-order valence-electron chi connectivity index (χ0n) is 12.1. The molecule has 0 radical (unpaired) electrons. The topological polar surface area (TPSA) is 29.9 Å². The molecule has 0 spiro atoms. The number of fused-ring (bicyclic) bond motifs is 1. The monoisotopic (exact) mass is 411 g/mol. The van der Waals surface area contributed by atoms with Crippen LogP contribution in [-0.4, -0.2) is 15.8 Å². The average molecular weight is 411 g/mol. The van der Waals surface area contributed by atoms with Crippen LogP contribution in [0.5, 0.6) is 0 Å². The van der Waals surface area contributed by atoms with Crippen LogP contribution in [0.4, 0.5) is 0 Å². The Morgan fingerprint density at radius 1 is 1.33 bits per heavy atom. The third-order valence-corrected chi connectivity index (χ3v) is 5.14. The molecule has 0 aliphatic rings. The van der Waals surface area contributed by atoms with Gasteiger partial charge in [-0.3, -0.25) is 4.68 Å². The summed E-state index contributed by atoms with van der Waals surface area (Å²) in [6.07, 6.45) is 3.99. The third-order valence-electron chi connectivity index (χ3n) is 3.37. The molecule has 0 saturated heterocycles. The summed E-state index contributed by atoms with van der Waals surface area (Å²) in [4.78, 5) is 1.41. The summed E-state index contributed by atoms with van der Waals surface area (Å²) in [6, 6.07) is 9.14. The number of thiophene rings is 1. The highest BCUT2D eigenvalue weighted by atomic mass is 127. The SMILES string of the molecule is CC(C)NCc1sc2ccccc2c1Cn1cc(I)cn1. The molecule has 2 heterocycles. The molecule has 5 heteroatoms. The molecule has 3 nitrogen and oxygen atoms in total. The number of hydrogen-bond donors (Lipinski definition) is 1. The first-order chi connectivity index (χ1) is 10.1. The van der Waals surface area contributed by atoms with Crippen LogP contribution in [0, 0.1) is 3.57 Å². The fourth-order valence-corrected chi connectivity index (χ4v) is 3.96. The molecule has 110 valence electrons. The highest BCUT2D eigenvalue weighted by Gasteiger charge is 2.13. The van der Waals surface area contributed by atoms with Crippen LogP contribution in [0.3, 0.4) is 0 Å². The third kappa shape index (κ3) is 3.46. The molecule has 0 bridgehead atoms. The molecule has 1 N–H and O–H groups in total. The van der Waals surface area contributed by atoms with Crippen molar-refractivity contribution >= 4 is 44.0 Å². The molecule has 0 aliphatic carbocycles. The van der Waals surface area contributed by atoms with E-state index < -0.39 is 0 Å². The number of aromatic nitrogens is 2. The minimum absolute atomic E-state index is 0.494. The molecule has 3 rings (SSSR count). The van der Waals surface area contributed by atoms with E-state index in [0.29, 0.717) is 6.04 Å². The molecular formula is C16H18IN3S. The average Bonchev–Trinajstić information content (AvgIpc) is 3.01. The van der Waals surface area contributed by atoms with Crippen molar-refractivity contribution in [2.75, 3.05) is 0 Å². The van der Waals surface area contributed by atoms with Crippen LogP contribution in [-0.2, 0) is 13.1 Å². The summed E-state index contributed by atoms with van der Waals surface area (Å²) in [5, 5.41) is 9.32. The Hall–Kier alpha value is -0.920. The van der Waals surface area contributed by atoms with Crippen LogP contribution >= 0.6 is 33.9 Å². The van der Waals surface area contributed by atoms with Crippen molar-refractivity contribution in [3.8, 4) is 0 Å². The second-order valence-electron chi connectivity index (χ2n) is 5.39. The van der Waals surface area contributed by atoms with Gasteiger partial charge >= 0.3 is 0 Å². The Bertz CT molecular complexity index is 745. The van der Waals surface area contributed by atoms with Gasteiger partial charge in [0.1, 0.15) is 0 Å². The lowest BCUT2D eigenvalue weighted by Crippen LogP contribution is -2.22. The lowest BCUT2D eigenvalue weighted by atomic mass is 10.1. The maximum atomic E-state index is 4.43. The maximum absolute atomic E-state index is 4.43. The molecule has 0 atom stereocenters. The molecule has 3 aromatic rings. The summed E-state index contributed by atoms with van der Waals surface area (Å²) in [6.45, 7) is 6.12. The van der Waals surface area contributed by atoms with Crippen LogP contribution < -0.4 is 5.32 Å². The zero-order valence-corrected chi connectivity index (χ0v) is 15.1. The van der Waals surface area contributed by atoms with E-state index in [1.165, 1.54) is 24.1 Å². The molecule has 0 fully saturated rings. The largest absolute Gasteiger partial charge is 0.310 e. The van der Waals surface area contributed by atoms with E-state index in [2.05, 4.69) is 77.3 Å². The molecule has 0 unspecified atom stereocenters. The Balaban J connectivity index is 1.98. The van der Waals surface area contributed by atoms with Crippen molar-refractivity contribution in [3.63, 3.8) is 0 Å². The highest BCUT2D eigenvalue weighted by Crippen LogP contribution is 2.32. The number of hydrogen-bond acceptors (Lipinski definition) is 3. The van der Waals surface area contributed by atoms with Crippen LogP contribution in [0.2, 0.25) is 0 Å². The number of halogens is 1. The standard InChI is InChI=1S/C16H18IN3S/c1-11(2)18-8-16-14(10-20-9-12(17)7-19-20)13-5-3-4-6-15(13)21-16/h3-7,9,11,18H,8,10H2,1-2H3. The fourth-order valence-electron chi connectivity index (χ4n) is 2.35. The Kier molecular flexibility index (Phi) is 4.61. The van der Waals surface area contributed by atoms with Gasteiger partial charge in [-0.2, -0.15) is 5.10 Å². The Morgan fingerprint density at radius 2 is 2.14 bits per heavy atom. The first kappa shape index (κ1) is 15.0. The minimum atomic E-state index is 0.494. The summed E-state index contributed by atoms with van der Waals surface area (Å²) >= 11 is 4.19. The van der Waals surface area contributed by atoms with Gasteiger partial charge in [-0.05, 0) is 39.6 Å². The first-order valence-corrected chi connectivity index (χ1v) is 8.93. The van der Waals surface area contributed by atoms with Crippen molar-refractivity contribution in [1.82, 2.24) is 15.1 Å². The number of rotatable bonds is 5. The molecule has 2 aromatic heterocycles. The summed E-state index contributed by atoms with van der Waals surface area (Å²) < 4.78 is 4.55. The minimum Gasteiger partial charge on any atom is -0.310 e. The quantitative estimate of drug-likeness (QED) is 0.637. The maximum Gasteiger partial charge on any atom is 0.0677 e. The molecule has 21 heavy (non-hydrogen) atoms. The van der Waals surface area contributed by atoms with Gasteiger partial charge in [0, 0.05) is 28.4 Å². The van der Waals surface area contributed by atoms with Crippen LogP contribution in [0.1, 0.15) is 24.3 Å². The van der Waals surface area contributed by atoms with Gasteiger partial charge in [0.2, 0.25) is 0 Å². The van der Waals surface area contributed by atoms with Crippen molar-refractivity contribution in [2.24, 2.45) is 0 Å². The number of benzene rings is 1. The second-order valence-corrected chi connectivity index (χ2v) is 7.77. The molecule has 0 aliphatic heterocycles. The van der Waals surface area contributed by atoms with Crippen LogP contribution in [0.25, 0.3) is 10.1 Å². The van der Waals surface area contributed by atoms with Gasteiger partial charge in [0.25, 0.3) is 0 Å². The van der Waals surface area contributed by atoms with Gasteiger partial charge in [-0.25, -0.2) is 0 Å². The van der Waals surface area contributed by atoms with Crippen molar-refractivity contribution in [1.29, 1.82) is 0 Å². The van der Waals surface area contributed by atoms with Crippen molar-refractivity contribution in [2.45, 2.75) is 33.0 Å². The van der Waals surface area contributed by atoms with E-state index in [4.69, 9.17) is 0 Å². The van der Waals surface area contributed by atoms with Gasteiger partial charge in [0.15, 0.2) is 0 Å². The molecule has 1 aromatic carbocycles. The Morgan fingerprint density at radius 3 is 2.86 bits per heavy atom. The summed E-state index contributed by atoms with van der Waals surface area (Å²) in [5.41, 5.74) is 1.39. The fraction of sp³-hybridized carbons (Fsp3) is 0.312. The van der Waals surface area contributed by atoms with E-state index in [-0.39, 0.29) is 0 Å². The predicted molar refractivity (Wildman–Crippen MR) is 97.8 cm³/mol.